The van der Waals surface area contributed by atoms with Crippen LogP contribution >= 0.6 is 0 Å². The van der Waals surface area contributed by atoms with E-state index in [-0.39, 0.29) is 12.2 Å². The van der Waals surface area contributed by atoms with Gasteiger partial charge in [-0.05, 0) is 36.2 Å². The number of aliphatic hydroxyl groups excluding tert-OH is 1. The van der Waals surface area contributed by atoms with Crippen LogP contribution in [0.3, 0.4) is 0 Å². The number of benzene rings is 2. The SMILES string of the molecule is CCOC(=O)c1cc(F)cc(C(O)c2ccccc2)c1. The smallest absolute Gasteiger partial charge is 0.338 e. The van der Waals surface area contributed by atoms with E-state index in [2.05, 4.69) is 0 Å². The molecule has 20 heavy (non-hydrogen) atoms. The average Bonchev–Trinajstić information content (AvgIpc) is 2.47. The first-order valence-electron chi connectivity index (χ1n) is 6.32. The maximum absolute atomic E-state index is 13.6. The molecule has 0 bridgehead atoms. The number of halogens is 1. The predicted molar refractivity (Wildman–Crippen MR) is 72.9 cm³/mol. The number of aliphatic hydroxyl groups is 1. The van der Waals surface area contributed by atoms with Gasteiger partial charge < -0.3 is 9.84 Å². The molecule has 0 saturated carbocycles. The Morgan fingerprint density at radius 1 is 1.20 bits per heavy atom. The van der Waals surface area contributed by atoms with Gasteiger partial charge in [-0.3, -0.25) is 0 Å². The first kappa shape index (κ1) is 14.2. The van der Waals surface area contributed by atoms with Crippen molar-refractivity contribution in [2.45, 2.75) is 13.0 Å². The van der Waals surface area contributed by atoms with Crippen molar-refractivity contribution in [1.29, 1.82) is 0 Å². The largest absolute Gasteiger partial charge is 0.462 e. The molecule has 0 saturated heterocycles. The molecule has 1 unspecified atom stereocenters. The van der Waals surface area contributed by atoms with Crippen LogP contribution in [-0.4, -0.2) is 17.7 Å². The highest BCUT2D eigenvalue weighted by Crippen LogP contribution is 2.23. The van der Waals surface area contributed by atoms with Crippen molar-refractivity contribution in [2.75, 3.05) is 6.61 Å². The lowest BCUT2D eigenvalue weighted by Gasteiger charge is -2.13. The maximum atomic E-state index is 13.6. The van der Waals surface area contributed by atoms with Crippen LogP contribution in [-0.2, 0) is 4.74 Å². The molecule has 1 atom stereocenters. The summed E-state index contributed by atoms with van der Waals surface area (Å²) in [5.74, 6) is -1.19. The molecule has 4 heteroatoms. The number of ether oxygens (including phenoxy) is 1. The number of carbonyl (C=O) groups is 1. The molecule has 0 fully saturated rings. The summed E-state index contributed by atoms with van der Waals surface area (Å²) in [4.78, 5) is 11.6. The summed E-state index contributed by atoms with van der Waals surface area (Å²) in [6.45, 7) is 1.89. The quantitative estimate of drug-likeness (QED) is 0.871. The fourth-order valence-corrected chi connectivity index (χ4v) is 1.93. The second-order valence-corrected chi connectivity index (χ2v) is 4.31. The minimum Gasteiger partial charge on any atom is -0.462 e. The molecule has 2 rings (SSSR count). The first-order chi connectivity index (χ1) is 9.61. The Morgan fingerprint density at radius 3 is 2.55 bits per heavy atom. The van der Waals surface area contributed by atoms with E-state index in [1.807, 2.05) is 6.07 Å². The fraction of sp³-hybridized carbons (Fsp3) is 0.188. The number of hydrogen-bond acceptors (Lipinski definition) is 3. The lowest BCUT2D eigenvalue weighted by atomic mass is 9.99. The molecule has 0 aromatic heterocycles. The van der Waals surface area contributed by atoms with E-state index in [0.29, 0.717) is 11.1 Å². The zero-order valence-corrected chi connectivity index (χ0v) is 11.0. The summed E-state index contributed by atoms with van der Waals surface area (Å²) in [5, 5.41) is 10.2. The van der Waals surface area contributed by atoms with E-state index in [4.69, 9.17) is 4.74 Å². The third kappa shape index (κ3) is 3.22. The summed E-state index contributed by atoms with van der Waals surface area (Å²) < 4.78 is 18.4. The number of rotatable bonds is 4. The highest BCUT2D eigenvalue weighted by molar-refractivity contribution is 5.89. The van der Waals surface area contributed by atoms with E-state index in [1.54, 1.807) is 31.2 Å². The van der Waals surface area contributed by atoms with Crippen LogP contribution in [0.4, 0.5) is 4.39 Å². The van der Waals surface area contributed by atoms with Crippen molar-refractivity contribution in [2.24, 2.45) is 0 Å². The van der Waals surface area contributed by atoms with Crippen LogP contribution in [0.1, 0.15) is 34.5 Å². The number of esters is 1. The van der Waals surface area contributed by atoms with Crippen LogP contribution < -0.4 is 0 Å². The highest BCUT2D eigenvalue weighted by atomic mass is 19.1. The van der Waals surface area contributed by atoms with Crippen molar-refractivity contribution in [3.8, 4) is 0 Å². The van der Waals surface area contributed by atoms with E-state index in [1.165, 1.54) is 12.1 Å². The van der Waals surface area contributed by atoms with Crippen molar-refractivity contribution < 1.29 is 19.0 Å². The third-order valence-corrected chi connectivity index (χ3v) is 2.86. The Labute approximate surface area is 116 Å². The minimum absolute atomic E-state index is 0.0943. The van der Waals surface area contributed by atoms with Crippen molar-refractivity contribution in [3.63, 3.8) is 0 Å². The fourth-order valence-electron chi connectivity index (χ4n) is 1.93. The molecule has 2 aromatic carbocycles. The molecule has 0 aliphatic heterocycles. The van der Waals surface area contributed by atoms with E-state index in [0.717, 1.165) is 6.07 Å². The normalized spacial score (nSPS) is 11.9. The standard InChI is InChI=1S/C16H15FO3/c1-2-20-16(19)13-8-12(9-14(17)10-13)15(18)11-6-4-3-5-7-11/h3-10,15,18H,2H2,1H3. The van der Waals surface area contributed by atoms with Gasteiger partial charge in [-0.2, -0.15) is 0 Å². The molecule has 0 aliphatic carbocycles. The molecule has 1 N–H and O–H groups in total. The van der Waals surface area contributed by atoms with Crippen molar-refractivity contribution >= 4 is 5.97 Å². The molecular formula is C16H15FO3. The molecule has 0 radical (unpaired) electrons. The summed E-state index contributed by atoms with van der Waals surface area (Å²) >= 11 is 0. The van der Waals surface area contributed by atoms with E-state index < -0.39 is 17.9 Å². The van der Waals surface area contributed by atoms with Gasteiger partial charge in [0.1, 0.15) is 11.9 Å². The van der Waals surface area contributed by atoms with Crippen LogP contribution in [0.25, 0.3) is 0 Å². The number of hydrogen-bond donors (Lipinski definition) is 1. The zero-order valence-electron chi connectivity index (χ0n) is 11.0. The monoisotopic (exact) mass is 274 g/mol. The molecule has 2 aromatic rings. The van der Waals surface area contributed by atoms with Gasteiger partial charge in [0.05, 0.1) is 12.2 Å². The topological polar surface area (TPSA) is 46.5 Å². The van der Waals surface area contributed by atoms with Gasteiger partial charge in [-0.1, -0.05) is 30.3 Å². The van der Waals surface area contributed by atoms with Gasteiger partial charge in [0.2, 0.25) is 0 Å². The Hall–Kier alpha value is -2.20. The third-order valence-electron chi connectivity index (χ3n) is 2.86. The van der Waals surface area contributed by atoms with Gasteiger partial charge >= 0.3 is 5.97 Å². The van der Waals surface area contributed by atoms with Gasteiger partial charge in [0.15, 0.2) is 0 Å². The molecule has 104 valence electrons. The van der Waals surface area contributed by atoms with Crippen molar-refractivity contribution in [3.05, 3.63) is 71.0 Å². The Bertz CT molecular complexity index is 596. The summed E-state index contributed by atoms with van der Waals surface area (Å²) in [6, 6.07) is 12.6. The van der Waals surface area contributed by atoms with Gasteiger partial charge in [-0.15, -0.1) is 0 Å². The van der Waals surface area contributed by atoms with Crippen LogP contribution in [0.2, 0.25) is 0 Å². The Balaban J connectivity index is 2.35. The summed E-state index contributed by atoms with van der Waals surface area (Å²) in [5.41, 5.74) is 1.05. The zero-order chi connectivity index (χ0) is 14.5. The molecule has 0 aliphatic rings. The summed E-state index contributed by atoms with van der Waals surface area (Å²) in [7, 11) is 0. The van der Waals surface area contributed by atoms with Crippen LogP contribution in [0, 0.1) is 5.82 Å². The lowest BCUT2D eigenvalue weighted by molar-refractivity contribution is 0.0525. The Kier molecular flexibility index (Phi) is 4.48. The molecule has 3 nitrogen and oxygen atoms in total. The number of carbonyl (C=O) groups excluding carboxylic acids is 1. The maximum Gasteiger partial charge on any atom is 0.338 e. The second kappa shape index (κ2) is 6.30. The first-order valence-corrected chi connectivity index (χ1v) is 6.32. The minimum atomic E-state index is -0.986. The molecule has 0 heterocycles. The van der Waals surface area contributed by atoms with Crippen molar-refractivity contribution in [1.82, 2.24) is 0 Å². The van der Waals surface area contributed by atoms with E-state index in [9.17, 15) is 14.3 Å². The average molecular weight is 274 g/mol. The van der Waals surface area contributed by atoms with Crippen LogP contribution in [0.15, 0.2) is 48.5 Å². The second-order valence-electron chi connectivity index (χ2n) is 4.31. The Morgan fingerprint density at radius 2 is 1.90 bits per heavy atom. The van der Waals surface area contributed by atoms with Gasteiger partial charge in [0.25, 0.3) is 0 Å². The van der Waals surface area contributed by atoms with Gasteiger partial charge in [0, 0.05) is 0 Å². The molecular weight excluding hydrogens is 259 g/mol. The lowest BCUT2D eigenvalue weighted by Crippen LogP contribution is -2.08. The predicted octanol–water partition coefficient (Wildman–Crippen LogP) is 3.08. The summed E-state index contributed by atoms with van der Waals surface area (Å²) in [6.07, 6.45) is -0.986. The highest BCUT2D eigenvalue weighted by Gasteiger charge is 2.15. The molecule has 0 amide bonds. The van der Waals surface area contributed by atoms with E-state index >= 15 is 0 Å². The molecule has 0 spiro atoms. The van der Waals surface area contributed by atoms with Crippen LogP contribution in [0.5, 0.6) is 0 Å². The van der Waals surface area contributed by atoms with Gasteiger partial charge in [-0.25, -0.2) is 9.18 Å².